The van der Waals surface area contributed by atoms with Gasteiger partial charge >= 0.3 is 0 Å². The van der Waals surface area contributed by atoms with Crippen LogP contribution in [0.4, 0.5) is 4.39 Å². The lowest BCUT2D eigenvalue weighted by molar-refractivity contribution is -0.0134. The summed E-state index contributed by atoms with van der Waals surface area (Å²) < 4.78 is 20.4. The van der Waals surface area contributed by atoms with E-state index in [1.807, 2.05) is 6.92 Å². The van der Waals surface area contributed by atoms with Gasteiger partial charge in [0.15, 0.2) is 0 Å². The number of rotatable bonds is 3. The zero-order chi connectivity index (χ0) is 12.5. The van der Waals surface area contributed by atoms with Crippen LogP contribution in [0.5, 0.6) is 0 Å². The van der Waals surface area contributed by atoms with Crippen LogP contribution >= 0.6 is 15.9 Å². The number of nitrogens with two attached hydrogens (primary N) is 1. The smallest absolute Gasteiger partial charge is 0.128 e. The molecule has 3 N–H and O–H groups in total. The van der Waals surface area contributed by atoms with Crippen molar-refractivity contribution in [1.82, 2.24) is 5.43 Å². The fourth-order valence-corrected chi connectivity index (χ4v) is 2.74. The van der Waals surface area contributed by atoms with Crippen molar-refractivity contribution in [3.05, 3.63) is 34.1 Å². The van der Waals surface area contributed by atoms with Crippen LogP contribution in [-0.2, 0) is 4.74 Å². The second-order valence-corrected chi connectivity index (χ2v) is 5.45. The molecule has 94 valence electrons. The van der Waals surface area contributed by atoms with Gasteiger partial charge in [0.05, 0.1) is 11.6 Å². The molecule has 5 heteroatoms. The SMILES string of the molecule is CC1(C(NN)c2cc(Br)ccc2F)CCCO1. The van der Waals surface area contributed by atoms with E-state index in [0.29, 0.717) is 12.2 Å². The minimum absolute atomic E-state index is 0.270. The van der Waals surface area contributed by atoms with Crippen molar-refractivity contribution in [2.75, 3.05) is 6.61 Å². The molecule has 0 amide bonds. The molecular weight excluding hydrogens is 287 g/mol. The van der Waals surface area contributed by atoms with E-state index in [0.717, 1.165) is 17.3 Å². The minimum Gasteiger partial charge on any atom is -0.373 e. The summed E-state index contributed by atoms with van der Waals surface area (Å²) in [6.45, 7) is 2.66. The number of hydrazine groups is 1. The van der Waals surface area contributed by atoms with E-state index in [-0.39, 0.29) is 11.9 Å². The molecule has 17 heavy (non-hydrogen) atoms. The molecule has 1 saturated heterocycles. The van der Waals surface area contributed by atoms with E-state index in [2.05, 4.69) is 21.4 Å². The Balaban J connectivity index is 2.37. The van der Waals surface area contributed by atoms with E-state index in [9.17, 15) is 4.39 Å². The van der Waals surface area contributed by atoms with Gasteiger partial charge in [-0.25, -0.2) is 9.82 Å². The first-order chi connectivity index (χ1) is 8.07. The Bertz CT molecular complexity index is 407. The summed E-state index contributed by atoms with van der Waals surface area (Å²) in [6, 6.07) is 4.50. The van der Waals surface area contributed by atoms with E-state index < -0.39 is 5.60 Å². The molecule has 3 nitrogen and oxygen atoms in total. The Kier molecular flexibility index (Phi) is 3.82. The maximum absolute atomic E-state index is 13.9. The predicted molar refractivity (Wildman–Crippen MR) is 67.8 cm³/mol. The monoisotopic (exact) mass is 302 g/mol. The van der Waals surface area contributed by atoms with Gasteiger partial charge in [0.1, 0.15) is 5.82 Å². The highest BCUT2D eigenvalue weighted by molar-refractivity contribution is 9.10. The van der Waals surface area contributed by atoms with Crippen molar-refractivity contribution in [2.24, 2.45) is 5.84 Å². The molecule has 2 unspecified atom stereocenters. The third-order valence-corrected chi connectivity index (χ3v) is 3.79. The number of halogens is 2. The van der Waals surface area contributed by atoms with Gasteiger partial charge < -0.3 is 4.74 Å². The maximum Gasteiger partial charge on any atom is 0.128 e. The summed E-state index contributed by atoms with van der Waals surface area (Å²) in [5, 5.41) is 0. The van der Waals surface area contributed by atoms with Gasteiger partial charge in [0.2, 0.25) is 0 Å². The molecule has 1 aliphatic heterocycles. The van der Waals surface area contributed by atoms with Crippen LogP contribution in [0.1, 0.15) is 31.4 Å². The third kappa shape index (κ3) is 2.52. The Hall–Kier alpha value is -0.490. The lowest BCUT2D eigenvalue weighted by atomic mass is 9.88. The van der Waals surface area contributed by atoms with Crippen molar-refractivity contribution in [3.8, 4) is 0 Å². The molecule has 1 aliphatic rings. The maximum atomic E-state index is 13.9. The molecule has 0 aliphatic carbocycles. The minimum atomic E-state index is -0.448. The predicted octanol–water partition coefficient (Wildman–Crippen LogP) is 2.66. The fraction of sp³-hybridized carbons (Fsp3) is 0.500. The summed E-state index contributed by atoms with van der Waals surface area (Å²) in [4.78, 5) is 0. The highest BCUT2D eigenvalue weighted by Crippen LogP contribution is 2.38. The molecule has 0 radical (unpaired) electrons. The van der Waals surface area contributed by atoms with Crippen LogP contribution in [0.25, 0.3) is 0 Å². The summed E-state index contributed by atoms with van der Waals surface area (Å²) in [7, 11) is 0. The third-order valence-electron chi connectivity index (χ3n) is 3.30. The Labute approximate surface area is 109 Å². The van der Waals surface area contributed by atoms with Gasteiger partial charge in [-0.3, -0.25) is 5.84 Å². The summed E-state index contributed by atoms with van der Waals surface area (Å²) in [5.41, 5.74) is 2.77. The second kappa shape index (κ2) is 5.02. The van der Waals surface area contributed by atoms with Crippen LogP contribution in [-0.4, -0.2) is 12.2 Å². The zero-order valence-corrected chi connectivity index (χ0v) is 11.3. The molecule has 0 spiro atoms. The molecule has 1 aromatic rings. The number of hydrogen-bond acceptors (Lipinski definition) is 3. The lowest BCUT2D eigenvalue weighted by Crippen LogP contribution is -2.44. The number of ether oxygens (including phenoxy) is 1. The molecule has 2 rings (SSSR count). The van der Waals surface area contributed by atoms with Crippen LogP contribution in [0, 0.1) is 5.82 Å². The second-order valence-electron chi connectivity index (χ2n) is 4.53. The van der Waals surface area contributed by atoms with Gasteiger partial charge in [-0.2, -0.15) is 0 Å². The Morgan fingerprint density at radius 1 is 1.59 bits per heavy atom. The number of benzene rings is 1. The van der Waals surface area contributed by atoms with Crippen LogP contribution in [0.2, 0.25) is 0 Å². The topological polar surface area (TPSA) is 47.3 Å². The quantitative estimate of drug-likeness (QED) is 0.666. The molecule has 1 fully saturated rings. The lowest BCUT2D eigenvalue weighted by Gasteiger charge is -2.33. The molecule has 1 heterocycles. The molecule has 0 saturated carbocycles. The standard InChI is InChI=1S/C12H16BrFN2O/c1-12(5-2-6-17-12)11(16-15)9-7-8(13)3-4-10(9)14/h3-4,7,11,16H,2,5-6,15H2,1H3. The summed E-state index contributed by atoms with van der Waals surface area (Å²) >= 11 is 3.34. The van der Waals surface area contributed by atoms with E-state index >= 15 is 0 Å². The van der Waals surface area contributed by atoms with Crippen molar-refractivity contribution < 1.29 is 9.13 Å². The first-order valence-corrected chi connectivity index (χ1v) is 6.41. The number of nitrogens with one attached hydrogen (secondary N) is 1. The van der Waals surface area contributed by atoms with Gasteiger partial charge in [-0.1, -0.05) is 15.9 Å². The first-order valence-electron chi connectivity index (χ1n) is 5.62. The van der Waals surface area contributed by atoms with Gasteiger partial charge in [-0.05, 0) is 38.0 Å². The molecule has 1 aromatic carbocycles. The van der Waals surface area contributed by atoms with Crippen molar-refractivity contribution in [2.45, 2.75) is 31.4 Å². The average Bonchev–Trinajstić information content (AvgIpc) is 2.72. The molecule has 0 aromatic heterocycles. The fourth-order valence-electron chi connectivity index (χ4n) is 2.36. The largest absolute Gasteiger partial charge is 0.373 e. The molecule has 0 bridgehead atoms. The van der Waals surface area contributed by atoms with Crippen molar-refractivity contribution in [3.63, 3.8) is 0 Å². The first kappa shape index (κ1) is 13.0. The van der Waals surface area contributed by atoms with Gasteiger partial charge in [0.25, 0.3) is 0 Å². The van der Waals surface area contributed by atoms with Crippen LogP contribution in [0.15, 0.2) is 22.7 Å². The van der Waals surface area contributed by atoms with Crippen molar-refractivity contribution in [1.29, 1.82) is 0 Å². The van der Waals surface area contributed by atoms with Crippen molar-refractivity contribution >= 4 is 15.9 Å². The molecular formula is C12H16BrFN2O. The van der Waals surface area contributed by atoms with Crippen LogP contribution < -0.4 is 11.3 Å². The molecule has 2 atom stereocenters. The normalized spacial score (nSPS) is 26.1. The van der Waals surface area contributed by atoms with Crippen LogP contribution in [0.3, 0.4) is 0 Å². The van der Waals surface area contributed by atoms with E-state index in [4.69, 9.17) is 10.6 Å². The highest BCUT2D eigenvalue weighted by Gasteiger charge is 2.40. The van der Waals surface area contributed by atoms with E-state index in [1.165, 1.54) is 6.07 Å². The van der Waals surface area contributed by atoms with Gasteiger partial charge in [-0.15, -0.1) is 0 Å². The van der Waals surface area contributed by atoms with Gasteiger partial charge in [0, 0.05) is 16.6 Å². The number of hydrogen-bond donors (Lipinski definition) is 2. The Morgan fingerprint density at radius 3 is 2.94 bits per heavy atom. The summed E-state index contributed by atoms with van der Waals surface area (Å²) in [6.07, 6.45) is 1.85. The summed E-state index contributed by atoms with van der Waals surface area (Å²) in [5.74, 6) is 5.31. The Morgan fingerprint density at radius 2 is 2.35 bits per heavy atom. The average molecular weight is 303 g/mol. The van der Waals surface area contributed by atoms with E-state index in [1.54, 1.807) is 12.1 Å². The zero-order valence-electron chi connectivity index (χ0n) is 9.67. The highest BCUT2D eigenvalue weighted by atomic mass is 79.9.